The van der Waals surface area contributed by atoms with Gasteiger partial charge >= 0.3 is 0 Å². The molecule has 1 aromatic carbocycles. The van der Waals surface area contributed by atoms with Crippen LogP contribution in [0.1, 0.15) is 9.75 Å². The summed E-state index contributed by atoms with van der Waals surface area (Å²) in [5.41, 5.74) is 3.31. The molecule has 0 atom stereocenters. The maximum absolute atomic E-state index is 5.16. The zero-order valence-corrected chi connectivity index (χ0v) is 13.7. The molecule has 1 N–H and O–H groups in total. The number of hydrogen-bond donors (Lipinski definition) is 1. The number of nitrogens with one attached hydrogen (secondary N) is 1. The monoisotopic (exact) mass is 306 g/mol. The molecule has 0 fully saturated rings. The van der Waals surface area contributed by atoms with Crippen LogP contribution in [0.5, 0.6) is 0 Å². The maximum atomic E-state index is 5.16. The van der Waals surface area contributed by atoms with Gasteiger partial charge in [0.25, 0.3) is 0 Å². The van der Waals surface area contributed by atoms with Crippen LogP contribution in [-0.4, -0.2) is 26.3 Å². The van der Waals surface area contributed by atoms with E-state index in [4.69, 9.17) is 17.0 Å². The molecule has 2 aromatic rings. The predicted octanol–water partition coefficient (Wildman–Crippen LogP) is 4.19. The van der Waals surface area contributed by atoms with Gasteiger partial charge in [0.05, 0.1) is 17.7 Å². The Bertz CT molecular complexity index is 603. The van der Waals surface area contributed by atoms with Crippen LogP contribution in [0.3, 0.4) is 0 Å². The molecule has 1 aromatic heterocycles. The summed E-state index contributed by atoms with van der Waals surface area (Å²) in [6.07, 6.45) is 0. The van der Waals surface area contributed by atoms with E-state index in [1.165, 1.54) is 10.6 Å². The summed E-state index contributed by atoms with van der Waals surface area (Å²) in [7, 11) is 5.66. The first-order chi connectivity index (χ1) is 9.51. The molecule has 2 rings (SSSR count). The van der Waals surface area contributed by atoms with Crippen LogP contribution in [0.25, 0.3) is 0 Å². The first kappa shape index (κ1) is 14.8. The average Bonchev–Trinajstić information content (AvgIpc) is 2.80. The molecular formula is C15H18N2OS2. The maximum Gasteiger partial charge on any atom is 0.201 e. The summed E-state index contributed by atoms with van der Waals surface area (Å²) < 4.78 is 5.11. The molecular weight excluding hydrogens is 288 g/mol. The van der Waals surface area contributed by atoms with Gasteiger partial charge in [-0.2, -0.15) is 0 Å². The number of methoxy groups -OCH3 is 1. The largest absolute Gasteiger partial charge is 0.486 e. The van der Waals surface area contributed by atoms with Crippen LogP contribution in [-0.2, 0) is 4.74 Å². The van der Waals surface area contributed by atoms with E-state index in [2.05, 4.69) is 41.4 Å². The second kappa shape index (κ2) is 6.24. The topological polar surface area (TPSA) is 24.5 Å². The highest BCUT2D eigenvalue weighted by Gasteiger charge is 2.10. The lowest BCUT2D eigenvalue weighted by Gasteiger charge is -2.13. The lowest BCUT2D eigenvalue weighted by molar-refractivity contribution is 0.417. The molecule has 0 bridgehead atoms. The van der Waals surface area contributed by atoms with Crippen LogP contribution in [0, 0.1) is 6.92 Å². The lowest BCUT2D eigenvalue weighted by atomic mass is 10.2. The molecule has 0 aliphatic rings. The second-order valence-electron chi connectivity index (χ2n) is 4.64. The Balaban J connectivity index is 2.17. The van der Waals surface area contributed by atoms with Crippen LogP contribution < -0.4 is 10.2 Å². The third-order valence-corrected chi connectivity index (χ3v) is 4.53. The van der Waals surface area contributed by atoms with Crippen molar-refractivity contribution in [2.75, 3.05) is 31.4 Å². The Morgan fingerprint density at radius 3 is 2.45 bits per heavy atom. The zero-order valence-electron chi connectivity index (χ0n) is 12.1. The summed E-state index contributed by atoms with van der Waals surface area (Å²) in [4.78, 5) is 4.25. The number of thiocarbonyl (C=S) groups is 1. The van der Waals surface area contributed by atoms with Gasteiger partial charge in [-0.15, -0.1) is 11.3 Å². The molecule has 3 nitrogen and oxygen atoms in total. The van der Waals surface area contributed by atoms with Gasteiger partial charge in [0.15, 0.2) is 0 Å². The van der Waals surface area contributed by atoms with Crippen LogP contribution >= 0.6 is 23.6 Å². The van der Waals surface area contributed by atoms with E-state index in [-0.39, 0.29) is 0 Å². The molecule has 0 aliphatic heterocycles. The molecule has 0 radical (unpaired) electrons. The van der Waals surface area contributed by atoms with Crippen molar-refractivity contribution in [3.63, 3.8) is 0 Å². The second-order valence-corrected chi connectivity index (χ2v) is 6.27. The van der Waals surface area contributed by atoms with E-state index in [1.807, 2.05) is 20.2 Å². The molecule has 0 saturated heterocycles. The van der Waals surface area contributed by atoms with Gasteiger partial charge < -0.3 is 15.0 Å². The number of thiophene rings is 1. The number of anilines is 3. The van der Waals surface area contributed by atoms with Gasteiger partial charge in [0.2, 0.25) is 5.05 Å². The van der Waals surface area contributed by atoms with E-state index in [0.29, 0.717) is 5.05 Å². The van der Waals surface area contributed by atoms with Crippen molar-refractivity contribution in [2.24, 2.45) is 0 Å². The van der Waals surface area contributed by atoms with Gasteiger partial charge in [-0.3, -0.25) is 0 Å². The average molecular weight is 306 g/mol. The van der Waals surface area contributed by atoms with E-state index in [9.17, 15) is 0 Å². The van der Waals surface area contributed by atoms with Crippen molar-refractivity contribution < 1.29 is 4.74 Å². The minimum absolute atomic E-state index is 0.536. The Kier molecular flexibility index (Phi) is 4.62. The molecule has 0 spiro atoms. The number of benzene rings is 1. The van der Waals surface area contributed by atoms with Crippen molar-refractivity contribution in [1.82, 2.24) is 0 Å². The van der Waals surface area contributed by atoms with E-state index in [1.54, 1.807) is 18.4 Å². The summed E-state index contributed by atoms with van der Waals surface area (Å²) >= 11 is 6.80. The Morgan fingerprint density at radius 2 is 1.90 bits per heavy atom. The molecule has 1 heterocycles. The highest BCUT2D eigenvalue weighted by molar-refractivity contribution is 7.80. The van der Waals surface area contributed by atoms with Gasteiger partial charge in [-0.25, -0.2) is 0 Å². The number of rotatable bonds is 4. The molecule has 0 unspecified atom stereocenters. The van der Waals surface area contributed by atoms with Crippen LogP contribution in [0.2, 0.25) is 0 Å². The van der Waals surface area contributed by atoms with Crippen molar-refractivity contribution >= 4 is 45.7 Å². The summed E-state index contributed by atoms with van der Waals surface area (Å²) in [6, 6.07) is 10.3. The first-order valence-corrected chi connectivity index (χ1v) is 7.47. The van der Waals surface area contributed by atoms with Gasteiger partial charge in [0.1, 0.15) is 0 Å². The quantitative estimate of drug-likeness (QED) is 0.856. The normalized spacial score (nSPS) is 10.2. The predicted molar refractivity (Wildman–Crippen MR) is 91.8 cm³/mol. The number of aryl methyl sites for hydroxylation is 1. The highest BCUT2D eigenvalue weighted by atomic mass is 32.1. The third kappa shape index (κ3) is 3.29. The van der Waals surface area contributed by atoms with Crippen LogP contribution in [0.15, 0.2) is 30.3 Å². The fourth-order valence-electron chi connectivity index (χ4n) is 1.81. The van der Waals surface area contributed by atoms with Crippen molar-refractivity contribution in [3.8, 4) is 0 Å². The van der Waals surface area contributed by atoms with Crippen LogP contribution in [0.4, 0.5) is 17.1 Å². The molecule has 0 amide bonds. The summed E-state index contributed by atoms with van der Waals surface area (Å²) in [6.45, 7) is 2.07. The van der Waals surface area contributed by atoms with Gasteiger partial charge in [0, 0.05) is 30.3 Å². The fraction of sp³-hybridized carbons (Fsp3) is 0.267. The standard InChI is InChI=1S/C15H18N2OS2/c1-10-13(9-14(20-10)15(19)18-4)16-11-5-7-12(8-6-11)17(2)3/h5-9,16H,1-4H3. The first-order valence-electron chi connectivity index (χ1n) is 6.24. The number of nitrogens with zero attached hydrogens (tertiary/aromatic N) is 1. The van der Waals surface area contributed by atoms with E-state index in [0.717, 1.165) is 16.3 Å². The smallest absolute Gasteiger partial charge is 0.201 e. The summed E-state index contributed by atoms with van der Waals surface area (Å²) in [5.74, 6) is 0. The van der Waals surface area contributed by atoms with Crippen molar-refractivity contribution in [2.45, 2.75) is 6.92 Å². The van der Waals surface area contributed by atoms with Gasteiger partial charge in [-0.1, -0.05) is 0 Å². The molecule has 0 saturated carbocycles. The fourth-order valence-corrected chi connectivity index (χ4v) is 2.88. The Labute approximate surface area is 129 Å². The van der Waals surface area contributed by atoms with Crippen molar-refractivity contribution in [3.05, 3.63) is 40.1 Å². The minimum atomic E-state index is 0.536. The zero-order chi connectivity index (χ0) is 14.7. The third-order valence-electron chi connectivity index (χ3n) is 2.97. The minimum Gasteiger partial charge on any atom is -0.486 e. The number of hydrogen-bond acceptors (Lipinski definition) is 5. The molecule has 5 heteroatoms. The Hall–Kier alpha value is -1.59. The number of ether oxygens (including phenoxy) is 1. The molecule has 106 valence electrons. The van der Waals surface area contributed by atoms with Crippen molar-refractivity contribution in [1.29, 1.82) is 0 Å². The van der Waals surface area contributed by atoms with Gasteiger partial charge in [-0.05, 0) is 49.5 Å². The SMILES string of the molecule is COC(=S)c1cc(Nc2ccc(N(C)C)cc2)c(C)s1. The highest BCUT2D eigenvalue weighted by Crippen LogP contribution is 2.30. The van der Waals surface area contributed by atoms with E-state index >= 15 is 0 Å². The van der Waals surface area contributed by atoms with E-state index < -0.39 is 0 Å². The lowest BCUT2D eigenvalue weighted by Crippen LogP contribution is -2.08. The molecule has 20 heavy (non-hydrogen) atoms. The summed E-state index contributed by atoms with van der Waals surface area (Å²) in [5, 5.41) is 3.95. The Morgan fingerprint density at radius 1 is 1.25 bits per heavy atom. The molecule has 0 aliphatic carbocycles.